The van der Waals surface area contributed by atoms with E-state index >= 15 is 0 Å². The van der Waals surface area contributed by atoms with Gasteiger partial charge < -0.3 is 19.2 Å². The molecule has 0 bridgehead atoms. The van der Waals surface area contributed by atoms with Crippen molar-refractivity contribution in [2.45, 2.75) is 44.8 Å². The highest BCUT2D eigenvalue weighted by Crippen LogP contribution is 2.46. The fourth-order valence-corrected chi connectivity index (χ4v) is 3.35. The molecule has 0 unspecified atom stereocenters. The van der Waals surface area contributed by atoms with Crippen LogP contribution in [-0.2, 0) is 4.79 Å². The van der Waals surface area contributed by atoms with E-state index < -0.39 is 5.79 Å². The molecular formula is C20H21NO4. The van der Waals surface area contributed by atoms with Crippen molar-refractivity contribution in [3.63, 3.8) is 0 Å². The first kappa shape index (κ1) is 15.8. The predicted octanol–water partition coefficient (Wildman–Crippen LogP) is 4.67. The second-order valence-corrected chi connectivity index (χ2v) is 6.61. The smallest absolute Gasteiger partial charge is 0.251 e. The highest BCUT2D eigenvalue weighted by atomic mass is 16.7. The summed E-state index contributed by atoms with van der Waals surface area (Å²) in [6.45, 7) is 1.86. The Morgan fingerprint density at radius 3 is 2.64 bits per heavy atom. The third-order valence-corrected chi connectivity index (χ3v) is 4.58. The Kier molecular flexibility index (Phi) is 3.99. The molecule has 5 heteroatoms. The molecule has 1 aliphatic carbocycles. The molecule has 2 aromatic rings. The minimum atomic E-state index is -0.500. The average Bonchev–Trinajstić information content (AvgIpc) is 3.16. The lowest BCUT2D eigenvalue weighted by molar-refractivity contribution is -0.111. The van der Waals surface area contributed by atoms with Crippen molar-refractivity contribution in [1.29, 1.82) is 0 Å². The van der Waals surface area contributed by atoms with Crippen LogP contribution in [0.3, 0.4) is 0 Å². The van der Waals surface area contributed by atoms with Crippen molar-refractivity contribution < 1.29 is 18.7 Å². The fourth-order valence-electron chi connectivity index (χ4n) is 3.35. The van der Waals surface area contributed by atoms with Crippen LogP contribution in [0.4, 0.5) is 5.69 Å². The summed E-state index contributed by atoms with van der Waals surface area (Å²) in [6.07, 6.45) is 8.39. The van der Waals surface area contributed by atoms with Crippen LogP contribution in [0, 0.1) is 6.92 Å². The lowest BCUT2D eigenvalue weighted by atomic mass is 9.94. The van der Waals surface area contributed by atoms with E-state index in [0.29, 0.717) is 17.2 Å². The average molecular weight is 339 g/mol. The maximum Gasteiger partial charge on any atom is 0.251 e. The molecule has 2 aliphatic rings. The van der Waals surface area contributed by atoms with Gasteiger partial charge in [-0.15, -0.1) is 0 Å². The molecule has 1 N–H and O–H groups in total. The van der Waals surface area contributed by atoms with Gasteiger partial charge in [0.2, 0.25) is 5.91 Å². The Labute approximate surface area is 146 Å². The van der Waals surface area contributed by atoms with Crippen molar-refractivity contribution >= 4 is 17.7 Å². The largest absolute Gasteiger partial charge is 0.462 e. The maximum atomic E-state index is 12.1. The number of amides is 1. The van der Waals surface area contributed by atoms with E-state index in [-0.39, 0.29) is 5.91 Å². The number of hydrogen-bond donors (Lipinski definition) is 1. The zero-order chi connectivity index (χ0) is 17.3. The summed E-state index contributed by atoms with van der Waals surface area (Å²) < 4.78 is 17.5. The standard InChI is InChI=1S/C20H21NO4/c1-14-5-7-16(23-14)8-10-19(22)21-15-6-9-17-18(13-15)25-20(24-17)11-3-2-4-12-20/h5-10,13H,2-4,11-12H2,1H3,(H,21,22)/b10-8+. The molecule has 25 heavy (non-hydrogen) atoms. The van der Waals surface area contributed by atoms with Crippen LogP contribution in [-0.4, -0.2) is 11.7 Å². The van der Waals surface area contributed by atoms with Crippen LogP contribution in [0.1, 0.15) is 43.6 Å². The molecule has 2 heterocycles. The number of furan rings is 1. The van der Waals surface area contributed by atoms with Gasteiger partial charge in [0.15, 0.2) is 11.5 Å². The molecule has 1 aliphatic heterocycles. The zero-order valence-electron chi connectivity index (χ0n) is 14.2. The first-order chi connectivity index (χ1) is 12.1. The highest BCUT2D eigenvalue weighted by Gasteiger charge is 2.42. The van der Waals surface area contributed by atoms with Crippen LogP contribution >= 0.6 is 0 Å². The van der Waals surface area contributed by atoms with E-state index in [1.54, 1.807) is 6.08 Å². The van der Waals surface area contributed by atoms with Gasteiger partial charge in [-0.2, -0.15) is 0 Å². The second-order valence-electron chi connectivity index (χ2n) is 6.61. The minimum absolute atomic E-state index is 0.222. The van der Waals surface area contributed by atoms with Crippen molar-refractivity contribution in [2.24, 2.45) is 0 Å². The van der Waals surface area contributed by atoms with E-state index in [1.165, 1.54) is 12.5 Å². The number of anilines is 1. The first-order valence-electron chi connectivity index (χ1n) is 8.70. The van der Waals surface area contributed by atoms with Gasteiger partial charge >= 0.3 is 0 Å². The molecule has 1 aromatic heterocycles. The van der Waals surface area contributed by atoms with Crippen LogP contribution in [0.2, 0.25) is 0 Å². The van der Waals surface area contributed by atoms with E-state index in [9.17, 15) is 4.79 Å². The Hall–Kier alpha value is -2.69. The van der Waals surface area contributed by atoms with Gasteiger partial charge in [0, 0.05) is 30.7 Å². The van der Waals surface area contributed by atoms with E-state index in [1.807, 2.05) is 37.3 Å². The van der Waals surface area contributed by atoms with Gasteiger partial charge in [0.25, 0.3) is 5.79 Å². The summed E-state index contributed by atoms with van der Waals surface area (Å²) in [5.41, 5.74) is 0.681. The number of rotatable bonds is 3. The Morgan fingerprint density at radius 1 is 1.08 bits per heavy atom. The molecule has 1 amide bonds. The molecular weight excluding hydrogens is 318 g/mol. The monoisotopic (exact) mass is 339 g/mol. The third-order valence-electron chi connectivity index (χ3n) is 4.58. The number of fused-ring (bicyclic) bond motifs is 1. The normalized spacial score (nSPS) is 18.0. The summed E-state index contributed by atoms with van der Waals surface area (Å²) in [5, 5.41) is 2.84. The summed E-state index contributed by atoms with van der Waals surface area (Å²) in [4.78, 5) is 12.1. The molecule has 0 saturated heterocycles. The van der Waals surface area contributed by atoms with Gasteiger partial charge in [-0.25, -0.2) is 0 Å². The molecule has 1 spiro atoms. The van der Waals surface area contributed by atoms with E-state index in [4.69, 9.17) is 13.9 Å². The van der Waals surface area contributed by atoms with Crippen LogP contribution in [0.5, 0.6) is 11.5 Å². The van der Waals surface area contributed by atoms with Crippen LogP contribution in [0.15, 0.2) is 40.8 Å². The number of ether oxygens (including phenoxy) is 2. The number of carbonyl (C=O) groups excluding carboxylic acids is 1. The number of nitrogens with one attached hydrogen (secondary N) is 1. The molecule has 5 nitrogen and oxygen atoms in total. The molecule has 4 rings (SSSR count). The van der Waals surface area contributed by atoms with Gasteiger partial charge in [0.1, 0.15) is 11.5 Å². The van der Waals surface area contributed by atoms with E-state index in [2.05, 4.69) is 5.32 Å². The van der Waals surface area contributed by atoms with Crippen LogP contribution in [0.25, 0.3) is 6.08 Å². The van der Waals surface area contributed by atoms with Gasteiger partial charge in [-0.1, -0.05) is 6.42 Å². The molecule has 1 saturated carbocycles. The van der Waals surface area contributed by atoms with Gasteiger partial charge in [0.05, 0.1) is 0 Å². The topological polar surface area (TPSA) is 60.7 Å². The van der Waals surface area contributed by atoms with Crippen molar-refractivity contribution in [3.8, 4) is 11.5 Å². The SMILES string of the molecule is Cc1ccc(/C=C/C(=O)Nc2ccc3c(c2)OC2(CCCCC2)O3)o1. The van der Waals surface area contributed by atoms with Gasteiger partial charge in [-0.3, -0.25) is 4.79 Å². The lowest BCUT2D eigenvalue weighted by Crippen LogP contribution is -2.40. The summed E-state index contributed by atoms with van der Waals surface area (Å²) in [7, 11) is 0. The van der Waals surface area contributed by atoms with Crippen LogP contribution < -0.4 is 14.8 Å². The Morgan fingerprint density at radius 2 is 1.88 bits per heavy atom. The van der Waals surface area contributed by atoms with E-state index in [0.717, 1.165) is 37.2 Å². The molecule has 1 fully saturated rings. The number of benzene rings is 1. The van der Waals surface area contributed by atoms with Crippen molar-refractivity contribution in [1.82, 2.24) is 0 Å². The predicted molar refractivity (Wildman–Crippen MR) is 94.6 cm³/mol. The zero-order valence-corrected chi connectivity index (χ0v) is 14.2. The molecule has 130 valence electrons. The second kappa shape index (κ2) is 6.31. The quantitative estimate of drug-likeness (QED) is 0.825. The number of aryl methyl sites for hydroxylation is 1. The summed E-state index contributed by atoms with van der Waals surface area (Å²) in [6, 6.07) is 9.18. The first-order valence-corrected chi connectivity index (χ1v) is 8.70. The van der Waals surface area contributed by atoms with Crippen molar-refractivity contribution in [3.05, 3.63) is 47.9 Å². The third kappa shape index (κ3) is 3.40. The number of carbonyl (C=O) groups is 1. The fraction of sp³-hybridized carbons (Fsp3) is 0.350. The molecule has 0 radical (unpaired) electrons. The van der Waals surface area contributed by atoms with Gasteiger partial charge in [-0.05, 0) is 50.1 Å². The minimum Gasteiger partial charge on any atom is -0.462 e. The van der Waals surface area contributed by atoms with Crippen molar-refractivity contribution in [2.75, 3.05) is 5.32 Å². The Balaban J connectivity index is 1.42. The maximum absolute atomic E-state index is 12.1. The lowest BCUT2D eigenvalue weighted by Gasteiger charge is -2.31. The number of hydrogen-bond acceptors (Lipinski definition) is 4. The summed E-state index contributed by atoms with van der Waals surface area (Å²) in [5.74, 6) is 2.19. The molecule has 0 atom stereocenters. The highest BCUT2D eigenvalue weighted by molar-refractivity contribution is 6.01. The molecule has 1 aromatic carbocycles. The summed E-state index contributed by atoms with van der Waals surface area (Å²) >= 11 is 0. The Bertz CT molecular complexity index is 815.